The molecule has 1 rings (SSSR count). The van der Waals surface area contributed by atoms with Crippen LogP contribution in [-0.4, -0.2) is 14.9 Å². The van der Waals surface area contributed by atoms with Crippen LogP contribution in [0.25, 0.3) is 0 Å². The van der Waals surface area contributed by atoms with Crippen LogP contribution in [0, 0.1) is 6.92 Å². The van der Waals surface area contributed by atoms with E-state index in [4.69, 9.17) is 0 Å². The molecule has 0 saturated heterocycles. The molecule has 0 aromatic carbocycles. The minimum atomic E-state index is -0.475. The van der Waals surface area contributed by atoms with E-state index in [1.807, 2.05) is 20.8 Å². The second-order valence-electron chi connectivity index (χ2n) is 3.97. The Kier molecular flexibility index (Phi) is 1.78. The summed E-state index contributed by atoms with van der Waals surface area (Å²) in [6.45, 7) is 7.59. The third-order valence-corrected chi connectivity index (χ3v) is 1.76. The van der Waals surface area contributed by atoms with Crippen molar-refractivity contribution in [3.63, 3.8) is 0 Å². The molecule has 0 aliphatic heterocycles. The number of rotatable bonds is 0. The first-order valence-electron chi connectivity index (χ1n) is 3.85. The van der Waals surface area contributed by atoms with Gasteiger partial charge in [0.1, 0.15) is 0 Å². The van der Waals surface area contributed by atoms with Crippen molar-refractivity contribution < 1.29 is 5.21 Å². The first kappa shape index (κ1) is 8.90. The Morgan fingerprint density at radius 1 is 1.42 bits per heavy atom. The van der Waals surface area contributed by atoms with E-state index < -0.39 is 5.69 Å². The van der Waals surface area contributed by atoms with Crippen molar-refractivity contribution in [2.75, 3.05) is 0 Å². The number of hydrogen-bond donors (Lipinski definition) is 2. The fraction of sp³-hybridized carbons (Fsp3) is 0.625. The molecule has 2 N–H and O–H groups in total. The van der Waals surface area contributed by atoms with Crippen LogP contribution in [-0.2, 0) is 5.41 Å². The smallest absolute Gasteiger partial charge is 0.358 e. The summed E-state index contributed by atoms with van der Waals surface area (Å²) in [4.78, 5) is 13.5. The molecule has 0 aliphatic rings. The van der Waals surface area contributed by atoms with E-state index in [0.29, 0.717) is 10.4 Å². The molecule has 0 aliphatic carbocycles. The normalized spacial score (nSPS) is 12.0. The standard InChI is InChI=1S/C8H14N2O2/c1-5-6(8(2,3)4)10(12)7(11)9-5/h12H,1-4H3,(H,9,11). The van der Waals surface area contributed by atoms with Crippen LogP contribution < -0.4 is 5.69 Å². The third-order valence-electron chi connectivity index (χ3n) is 1.76. The summed E-state index contributed by atoms with van der Waals surface area (Å²) in [5.41, 5.74) is 0.651. The maximum atomic E-state index is 11.0. The van der Waals surface area contributed by atoms with E-state index in [-0.39, 0.29) is 5.41 Å². The van der Waals surface area contributed by atoms with Crippen molar-refractivity contribution in [1.29, 1.82) is 0 Å². The molecule has 0 spiro atoms. The van der Waals surface area contributed by atoms with Gasteiger partial charge in [-0.15, -0.1) is 4.73 Å². The van der Waals surface area contributed by atoms with Gasteiger partial charge in [-0.2, -0.15) is 0 Å². The molecule has 1 aromatic rings. The van der Waals surface area contributed by atoms with Crippen molar-refractivity contribution in [3.8, 4) is 0 Å². The van der Waals surface area contributed by atoms with Gasteiger partial charge in [0.2, 0.25) is 0 Å². The highest BCUT2D eigenvalue weighted by Crippen LogP contribution is 2.22. The minimum Gasteiger partial charge on any atom is -0.424 e. The monoisotopic (exact) mass is 170 g/mol. The summed E-state index contributed by atoms with van der Waals surface area (Å²) in [5.74, 6) is 0. The number of nitrogens with one attached hydrogen (secondary N) is 1. The Hall–Kier alpha value is -1.19. The predicted molar refractivity (Wildman–Crippen MR) is 45.7 cm³/mol. The van der Waals surface area contributed by atoms with E-state index in [2.05, 4.69) is 4.98 Å². The van der Waals surface area contributed by atoms with Crippen molar-refractivity contribution in [1.82, 2.24) is 9.71 Å². The maximum absolute atomic E-state index is 11.0. The fourth-order valence-electron chi connectivity index (χ4n) is 1.41. The van der Waals surface area contributed by atoms with E-state index in [1.165, 1.54) is 0 Å². The van der Waals surface area contributed by atoms with E-state index >= 15 is 0 Å². The Morgan fingerprint density at radius 2 is 1.92 bits per heavy atom. The zero-order valence-electron chi connectivity index (χ0n) is 7.80. The molecule has 0 amide bonds. The molecule has 0 radical (unpaired) electrons. The number of aryl methyl sites for hydroxylation is 1. The van der Waals surface area contributed by atoms with Gasteiger partial charge in [-0.1, -0.05) is 20.8 Å². The molecule has 0 fully saturated rings. The molecule has 0 bridgehead atoms. The molecule has 68 valence electrons. The van der Waals surface area contributed by atoms with Crippen molar-refractivity contribution in [2.24, 2.45) is 0 Å². The largest absolute Gasteiger partial charge is 0.424 e. The zero-order valence-corrected chi connectivity index (χ0v) is 7.80. The number of aromatic nitrogens is 2. The van der Waals surface area contributed by atoms with Crippen molar-refractivity contribution in [2.45, 2.75) is 33.1 Å². The lowest BCUT2D eigenvalue weighted by Crippen LogP contribution is -2.23. The molecule has 12 heavy (non-hydrogen) atoms. The van der Waals surface area contributed by atoms with Gasteiger partial charge in [-0.25, -0.2) is 4.79 Å². The van der Waals surface area contributed by atoms with Crippen LogP contribution in [0.3, 0.4) is 0 Å². The van der Waals surface area contributed by atoms with Crippen molar-refractivity contribution in [3.05, 3.63) is 21.9 Å². The van der Waals surface area contributed by atoms with Gasteiger partial charge in [0.25, 0.3) is 0 Å². The Balaban J connectivity index is 3.43. The van der Waals surface area contributed by atoms with Crippen LogP contribution in [0.15, 0.2) is 4.79 Å². The highest BCUT2D eigenvalue weighted by atomic mass is 16.5. The fourth-order valence-corrected chi connectivity index (χ4v) is 1.41. The molecule has 4 nitrogen and oxygen atoms in total. The Morgan fingerprint density at radius 3 is 2.08 bits per heavy atom. The van der Waals surface area contributed by atoms with Gasteiger partial charge in [0.05, 0.1) is 5.69 Å². The van der Waals surface area contributed by atoms with Crippen LogP contribution in [0.5, 0.6) is 0 Å². The predicted octanol–water partition coefficient (Wildman–Crippen LogP) is 1.02. The zero-order chi connectivity index (χ0) is 9.52. The second kappa shape index (κ2) is 2.40. The van der Waals surface area contributed by atoms with Gasteiger partial charge in [0.15, 0.2) is 0 Å². The Labute approximate surface area is 70.8 Å². The van der Waals surface area contributed by atoms with Crippen molar-refractivity contribution >= 4 is 0 Å². The molecule has 0 saturated carbocycles. The quantitative estimate of drug-likeness (QED) is 0.571. The lowest BCUT2D eigenvalue weighted by molar-refractivity contribution is 0.157. The first-order chi connectivity index (χ1) is 5.34. The van der Waals surface area contributed by atoms with E-state index in [0.717, 1.165) is 5.69 Å². The van der Waals surface area contributed by atoms with E-state index in [9.17, 15) is 10.0 Å². The summed E-state index contributed by atoms with van der Waals surface area (Å²) in [6.07, 6.45) is 0. The minimum absolute atomic E-state index is 0.224. The molecule has 1 heterocycles. The summed E-state index contributed by atoms with van der Waals surface area (Å²) < 4.78 is 0.676. The van der Waals surface area contributed by atoms with Gasteiger partial charge >= 0.3 is 5.69 Å². The number of hydrogen-bond acceptors (Lipinski definition) is 2. The van der Waals surface area contributed by atoms with Crippen LogP contribution in [0.1, 0.15) is 32.2 Å². The van der Waals surface area contributed by atoms with Gasteiger partial charge in [-0.05, 0) is 6.92 Å². The molecule has 0 atom stereocenters. The SMILES string of the molecule is Cc1[nH]c(=O)n(O)c1C(C)(C)C. The van der Waals surface area contributed by atoms with Crippen LogP contribution >= 0.6 is 0 Å². The lowest BCUT2D eigenvalue weighted by atomic mass is 9.91. The van der Waals surface area contributed by atoms with Gasteiger partial charge in [-0.3, -0.25) is 0 Å². The number of imidazole rings is 1. The third kappa shape index (κ3) is 1.24. The molecular weight excluding hydrogens is 156 g/mol. The molecule has 1 aromatic heterocycles. The summed E-state index contributed by atoms with van der Waals surface area (Å²) >= 11 is 0. The van der Waals surface area contributed by atoms with E-state index in [1.54, 1.807) is 6.92 Å². The molecule has 0 unspecified atom stereocenters. The maximum Gasteiger partial charge on any atom is 0.358 e. The lowest BCUT2D eigenvalue weighted by Gasteiger charge is -2.18. The average Bonchev–Trinajstić information content (AvgIpc) is 2.05. The topological polar surface area (TPSA) is 58.0 Å². The van der Waals surface area contributed by atoms with Crippen LogP contribution in [0.4, 0.5) is 0 Å². The highest BCUT2D eigenvalue weighted by Gasteiger charge is 2.23. The number of aromatic amines is 1. The van der Waals surface area contributed by atoms with Gasteiger partial charge < -0.3 is 10.2 Å². The van der Waals surface area contributed by atoms with Crippen LogP contribution in [0.2, 0.25) is 0 Å². The van der Waals surface area contributed by atoms with Gasteiger partial charge in [0, 0.05) is 11.1 Å². The second-order valence-corrected chi connectivity index (χ2v) is 3.97. The average molecular weight is 170 g/mol. The number of H-pyrrole nitrogens is 1. The summed E-state index contributed by atoms with van der Waals surface area (Å²) in [5, 5.41) is 9.33. The summed E-state index contributed by atoms with van der Waals surface area (Å²) in [6, 6.07) is 0. The first-order valence-corrected chi connectivity index (χ1v) is 3.85. The molecule has 4 heteroatoms. The Bertz CT molecular complexity index is 341. The molecular formula is C8H14N2O2. The highest BCUT2D eigenvalue weighted by molar-refractivity contribution is 5.18. The summed E-state index contributed by atoms with van der Waals surface area (Å²) in [7, 11) is 0. The number of nitrogens with zero attached hydrogens (tertiary/aromatic N) is 1.